The van der Waals surface area contributed by atoms with Gasteiger partial charge in [-0.15, -0.1) is 0 Å². The van der Waals surface area contributed by atoms with E-state index in [1.165, 1.54) is 11.1 Å². The zero-order chi connectivity index (χ0) is 17.9. The van der Waals surface area contributed by atoms with Crippen LogP contribution < -0.4 is 0 Å². The fraction of sp³-hybridized carbons (Fsp3) is 0.550. The van der Waals surface area contributed by atoms with Crippen LogP contribution in [0.2, 0.25) is 0 Å². The molecule has 0 aliphatic heterocycles. The maximum Gasteiger partial charge on any atom is 0.326 e. The molecule has 1 amide bonds. The summed E-state index contributed by atoms with van der Waals surface area (Å²) in [6.07, 6.45) is 5.76. The molecule has 0 N–H and O–H groups in total. The van der Waals surface area contributed by atoms with E-state index in [1.54, 1.807) is 11.9 Å². The number of carbonyl (C=O) groups excluding carboxylic acids is 2. The Hall–Kier alpha value is -2.35. The van der Waals surface area contributed by atoms with Crippen LogP contribution in [0.4, 0.5) is 0 Å². The molecule has 1 unspecified atom stereocenters. The van der Waals surface area contributed by atoms with E-state index < -0.39 is 11.4 Å². The van der Waals surface area contributed by atoms with Crippen LogP contribution in [0, 0.1) is 16.7 Å². The van der Waals surface area contributed by atoms with Gasteiger partial charge in [-0.1, -0.05) is 37.1 Å². The second-order valence-electron chi connectivity index (χ2n) is 7.09. The van der Waals surface area contributed by atoms with Gasteiger partial charge in [0.1, 0.15) is 0 Å². The highest BCUT2D eigenvalue weighted by molar-refractivity contribution is 5.84. The zero-order valence-corrected chi connectivity index (χ0v) is 14.7. The first-order chi connectivity index (χ1) is 12.1. The summed E-state index contributed by atoms with van der Waals surface area (Å²) in [7, 11) is 1.76. The number of nitriles is 1. The summed E-state index contributed by atoms with van der Waals surface area (Å²) in [4.78, 5) is 26.5. The van der Waals surface area contributed by atoms with Gasteiger partial charge in [0.15, 0.2) is 12.0 Å². The Bertz CT molecular complexity index is 701. The largest absolute Gasteiger partial charge is 0.454 e. The van der Waals surface area contributed by atoms with Gasteiger partial charge in [0.05, 0.1) is 12.1 Å². The van der Waals surface area contributed by atoms with Crippen molar-refractivity contribution in [2.45, 2.75) is 51.0 Å². The number of hydrogen-bond donors (Lipinski definition) is 0. The molecule has 1 aromatic rings. The number of ether oxygens (including phenoxy) is 1. The Morgan fingerprint density at radius 2 is 2.00 bits per heavy atom. The second kappa shape index (κ2) is 7.26. The average molecular weight is 340 g/mol. The number of benzene rings is 1. The highest BCUT2D eigenvalue weighted by Crippen LogP contribution is 2.38. The third-order valence-electron chi connectivity index (χ3n) is 5.59. The summed E-state index contributed by atoms with van der Waals surface area (Å²) in [5, 5.41) is 9.33. The fourth-order valence-corrected chi connectivity index (χ4v) is 4.01. The van der Waals surface area contributed by atoms with Crippen molar-refractivity contribution in [1.29, 1.82) is 5.26 Å². The van der Waals surface area contributed by atoms with Gasteiger partial charge in [-0.25, -0.2) is 0 Å². The Labute approximate surface area is 148 Å². The van der Waals surface area contributed by atoms with E-state index >= 15 is 0 Å². The minimum absolute atomic E-state index is 0.0209. The maximum atomic E-state index is 12.5. The number of esters is 1. The van der Waals surface area contributed by atoms with Crippen LogP contribution in [0.5, 0.6) is 0 Å². The second-order valence-corrected chi connectivity index (χ2v) is 7.09. The normalized spacial score (nSPS) is 21.0. The van der Waals surface area contributed by atoms with Crippen molar-refractivity contribution in [3.05, 3.63) is 35.4 Å². The van der Waals surface area contributed by atoms with Gasteiger partial charge < -0.3 is 9.64 Å². The van der Waals surface area contributed by atoms with E-state index in [4.69, 9.17) is 4.74 Å². The Kier molecular flexibility index (Phi) is 5.08. The molecule has 0 spiro atoms. The Balaban J connectivity index is 1.62. The molecule has 5 nitrogen and oxygen atoms in total. The Morgan fingerprint density at radius 3 is 2.72 bits per heavy atom. The monoisotopic (exact) mass is 340 g/mol. The van der Waals surface area contributed by atoms with Crippen molar-refractivity contribution in [1.82, 2.24) is 4.90 Å². The smallest absolute Gasteiger partial charge is 0.326 e. The molecule has 2 aliphatic rings. The van der Waals surface area contributed by atoms with E-state index in [-0.39, 0.29) is 18.6 Å². The molecule has 1 atom stereocenters. The van der Waals surface area contributed by atoms with Crippen molar-refractivity contribution < 1.29 is 14.3 Å². The van der Waals surface area contributed by atoms with Crippen molar-refractivity contribution in [2.75, 3.05) is 13.7 Å². The van der Waals surface area contributed by atoms with E-state index in [9.17, 15) is 14.9 Å². The molecular weight excluding hydrogens is 316 g/mol. The standard InChI is InChI=1S/C20H24N2O3/c1-22(17-10-6-8-15-7-2-3-9-16(15)17)18(23)13-25-19(24)20(14-21)11-4-5-12-20/h2-3,7,9,17H,4-6,8,10-13H2,1H3. The number of hydrogen-bond acceptors (Lipinski definition) is 4. The van der Waals surface area contributed by atoms with Crippen molar-refractivity contribution in [3.63, 3.8) is 0 Å². The third kappa shape index (κ3) is 3.39. The number of fused-ring (bicyclic) bond motifs is 1. The minimum Gasteiger partial charge on any atom is -0.454 e. The highest BCUT2D eigenvalue weighted by Gasteiger charge is 2.43. The number of rotatable bonds is 4. The summed E-state index contributed by atoms with van der Waals surface area (Å²) in [6, 6.07) is 10.3. The molecule has 25 heavy (non-hydrogen) atoms. The molecule has 0 aromatic heterocycles. The third-order valence-corrected chi connectivity index (χ3v) is 5.59. The summed E-state index contributed by atoms with van der Waals surface area (Å²) < 4.78 is 5.23. The summed E-state index contributed by atoms with van der Waals surface area (Å²) in [5.74, 6) is -0.764. The zero-order valence-electron chi connectivity index (χ0n) is 14.7. The van der Waals surface area contributed by atoms with E-state index in [1.807, 2.05) is 12.1 Å². The van der Waals surface area contributed by atoms with Crippen molar-refractivity contribution in [3.8, 4) is 6.07 Å². The van der Waals surface area contributed by atoms with Crippen LogP contribution in [0.1, 0.15) is 55.7 Å². The molecular formula is C20H24N2O3. The van der Waals surface area contributed by atoms with Gasteiger partial charge in [0.25, 0.3) is 5.91 Å². The van der Waals surface area contributed by atoms with Gasteiger partial charge >= 0.3 is 5.97 Å². The average Bonchev–Trinajstić information content (AvgIpc) is 3.15. The molecule has 0 radical (unpaired) electrons. The summed E-state index contributed by atoms with van der Waals surface area (Å²) in [5.41, 5.74) is 1.42. The van der Waals surface area contributed by atoms with Gasteiger partial charge in [-0.05, 0) is 43.2 Å². The lowest BCUT2D eigenvalue weighted by Crippen LogP contribution is -2.38. The maximum absolute atomic E-state index is 12.5. The highest BCUT2D eigenvalue weighted by atomic mass is 16.5. The fourth-order valence-electron chi connectivity index (χ4n) is 4.01. The van der Waals surface area contributed by atoms with Crippen molar-refractivity contribution >= 4 is 11.9 Å². The number of aryl methyl sites for hydroxylation is 1. The summed E-state index contributed by atoms with van der Waals surface area (Å²) >= 11 is 0. The number of carbonyl (C=O) groups is 2. The van der Waals surface area contributed by atoms with Gasteiger partial charge in [0, 0.05) is 7.05 Å². The number of likely N-dealkylation sites (N-methyl/N-ethyl adjacent to an activating group) is 1. The lowest BCUT2D eigenvalue weighted by Gasteiger charge is -2.33. The first-order valence-corrected chi connectivity index (χ1v) is 8.99. The van der Waals surface area contributed by atoms with Crippen LogP contribution in [-0.2, 0) is 20.7 Å². The lowest BCUT2D eigenvalue weighted by atomic mass is 9.87. The van der Waals surface area contributed by atoms with E-state index in [0.717, 1.165) is 32.1 Å². The number of nitrogens with zero attached hydrogens (tertiary/aromatic N) is 2. The van der Waals surface area contributed by atoms with Crippen LogP contribution in [-0.4, -0.2) is 30.4 Å². The quantitative estimate of drug-likeness (QED) is 0.790. The summed E-state index contributed by atoms with van der Waals surface area (Å²) in [6.45, 7) is -0.294. The van der Waals surface area contributed by atoms with Crippen LogP contribution >= 0.6 is 0 Å². The van der Waals surface area contributed by atoms with Crippen LogP contribution in [0.25, 0.3) is 0 Å². The van der Waals surface area contributed by atoms with Gasteiger partial charge in [-0.3, -0.25) is 9.59 Å². The molecule has 0 bridgehead atoms. The molecule has 0 saturated heterocycles. The van der Waals surface area contributed by atoms with Gasteiger partial charge in [0.2, 0.25) is 0 Å². The van der Waals surface area contributed by atoms with E-state index in [2.05, 4.69) is 18.2 Å². The SMILES string of the molecule is CN(C(=O)COC(=O)C1(C#N)CCCC1)C1CCCc2ccccc21. The minimum atomic E-state index is -1.05. The lowest BCUT2D eigenvalue weighted by molar-refractivity contribution is -0.158. The first kappa shape index (κ1) is 17.5. The predicted octanol–water partition coefficient (Wildman–Crippen LogP) is 3.15. The van der Waals surface area contributed by atoms with Crippen LogP contribution in [0.3, 0.4) is 0 Å². The molecule has 1 saturated carbocycles. The number of amides is 1. The molecule has 2 aliphatic carbocycles. The molecule has 0 heterocycles. The molecule has 5 heteroatoms. The molecule has 1 fully saturated rings. The van der Waals surface area contributed by atoms with Gasteiger partial charge in [-0.2, -0.15) is 5.26 Å². The van der Waals surface area contributed by atoms with E-state index in [0.29, 0.717) is 12.8 Å². The van der Waals surface area contributed by atoms with Crippen LogP contribution in [0.15, 0.2) is 24.3 Å². The topological polar surface area (TPSA) is 70.4 Å². The Morgan fingerprint density at radius 1 is 1.28 bits per heavy atom. The predicted molar refractivity (Wildman–Crippen MR) is 92.4 cm³/mol. The molecule has 1 aromatic carbocycles. The first-order valence-electron chi connectivity index (χ1n) is 8.99. The van der Waals surface area contributed by atoms with Crippen molar-refractivity contribution in [2.24, 2.45) is 5.41 Å². The molecule has 132 valence electrons. The molecule has 3 rings (SSSR count).